The summed E-state index contributed by atoms with van der Waals surface area (Å²) in [4.78, 5) is 38.1. The molecule has 0 atom stereocenters. The van der Waals surface area contributed by atoms with Crippen LogP contribution < -0.4 is 16.0 Å². The van der Waals surface area contributed by atoms with Gasteiger partial charge in [0.1, 0.15) is 0 Å². The zero-order chi connectivity index (χ0) is 18.5. The lowest BCUT2D eigenvalue weighted by atomic mass is 10.1. The monoisotopic (exact) mass is 378 g/mol. The minimum atomic E-state index is -0.491. The van der Waals surface area contributed by atoms with Gasteiger partial charge < -0.3 is 15.5 Å². The molecule has 4 amide bonds. The number of carbonyl (C=O) groups is 3. The van der Waals surface area contributed by atoms with Gasteiger partial charge in [-0.3, -0.25) is 14.9 Å². The fraction of sp³-hybridized carbons (Fsp3) is 0.500. The van der Waals surface area contributed by atoms with Crippen LogP contribution in [0.15, 0.2) is 18.2 Å². The molecule has 3 N–H and O–H groups in total. The summed E-state index contributed by atoms with van der Waals surface area (Å²) in [5.41, 5.74) is 0.970. The molecule has 7 nitrogen and oxygen atoms in total. The maximum atomic E-state index is 12.8. The van der Waals surface area contributed by atoms with Gasteiger partial charge in [0.05, 0.1) is 12.1 Å². The number of halogens is 1. The number of carbonyl (C=O) groups excluding carboxylic acids is 3. The summed E-state index contributed by atoms with van der Waals surface area (Å²) < 4.78 is 0. The first-order valence-electron chi connectivity index (χ1n) is 8.96. The van der Waals surface area contributed by atoms with Crippen molar-refractivity contribution in [1.82, 2.24) is 15.5 Å². The summed E-state index contributed by atoms with van der Waals surface area (Å²) in [6.07, 6.45) is 5.04. The summed E-state index contributed by atoms with van der Waals surface area (Å²) in [5, 5.41) is 8.34. The molecule has 1 saturated heterocycles. The van der Waals surface area contributed by atoms with E-state index in [-0.39, 0.29) is 18.5 Å². The van der Waals surface area contributed by atoms with Gasteiger partial charge in [0.25, 0.3) is 5.91 Å². The minimum absolute atomic E-state index is 0.0734. The van der Waals surface area contributed by atoms with Crippen LogP contribution >= 0.6 is 11.6 Å². The molecule has 1 aliphatic heterocycles. The third-order valence-corrected chi connectivity index (χ3v) is 4.70. The van der Waals surface area contributed by atoms with Gasteiger partial charge in [-0.25, -0.2) is 4.79 Å². The van der Waals surface area contributed by atoms with Crippen molar-refractivity contribution in [3.63, 3.8) is 0 Å². The Morgan fingerprint density at radius 2 is 1.85 bits per heavy atom. The van der Waals surface area contributed by atoms with Crippen LogP contribution in [-0.4, -0.2) is 48.4 Å². The Bertz CT molecular complexity index is 700. The van der Waals surface area contributed by atoms with Crippen molar-refractivity contribution in [3.05, 3.63) is 28.8 Å². The van der Waals surface area contributed by atoms with Crippen molar-refractivity contribution in [2.75, 3.05) is 25.0 Å². The second kappa shape index (κ2) is 8.40. The minimum Gasteiger partial charge on any atom is -0.375 e. The van der Waals surface area contributed by atoms with E-state index < -0.39 is 11.9 Å². The van der Waals surface area contributed by atoms with Crippen molar-refractivity contribution in [2.24, 2.45) is 0 Å². The molecule has 0 radical (unpaired) electrons. The third-order valence-electron chi connectivity index (χ3n) is 4.46. The number of benzene rings is 1. The molecule has 0 aromatic heterocycles. The van der Waals surface area contributed by atoms with Crippen molar-refractivity contribution in [3.8, 4) is 0 Å². The highest BCUT2D eigenvalue weighted by molar-refractivity contribution is 6.31. The molecular weight excluding hydrogens is 356 g/mol. The smallest absolute Gasteiger partial charge is 0.321 e. The number of hydrogen-bond acceptors (Lipinski definition) is 4. The first kappa shape index (κ1) is 18.5. The molecule has 26 heavy (non-hydrogen) atoms. The second-order valence-electron chi connectivity index (χ2n) is 6.69. The van der Waals surface area contributed by atoms with Crippen molar-refractivity contribution < 1.29 is 14.4 Å². The molecule has 8 heteroatoms. The van der Waals surface area contributed by atoms with Gasteiger partial charge in [0, 0.05) is 29.8 Å². The fourth-order valence-corrected chi connectivity index (χ4v) is 3.08. The normalized spacial score (nSPS) is 16.7. The Kier molecular flexibility index (Phi) is 5.98. The van der Waals surface area contributed by atoms with Crippen molar-refractivity contribution in [1.29, 1.82) is 0 Å². The number of anilines is 1. The standard InChI is InChI=1S/C18H23ClN4O3/c19-12-4-7-14(17(25)23-8-2-1-3-9-23)15(10-12)20-11-16(24)22-18(26)21-13-5-6-13/h4,7,10,13,20H,1-3,5-6,8-9,11H2,(H2,21,22,24,26). The lowest BCUT2D eigenvalue weighted by molar-refractivity contribution is -0.118. The Hall–Kier alpha value is -2.28. The third kappa shape index (κ3) is 5.11. The van der Waals surface area contributed by atoms with Crippen LogP contribution in [0.4, 0.5) is 10.5 Å². The summed E-state index contributed by atoms with van der Waals surface area (Å²) in [6.45, 7) is 1.35. The van der Waals surface area contributed by atoms with Gasteiger partial charge in [0.15, 0.2) is 0 Å². The fourth-order valence-electron chi connectivity index (χ4n) is 2.91. The average Bonchev–Trinajstić information content (AvgIpc) is 3.44. The first-order valence-corrected chi connectivity index (χ1v) is 9.34. The van der Waals surface area contributed by atoms with Crippen LogP contribution in [0.2, 0.25) is 5.02 Å². The molecule has 1 aliphatic carbocycles. The van der Waals surface area contributed by atoms with E-state index in [0.717, 1.165) is 45.2 Å². The van der Waals surface area contributed by atoms with Crippen molar-refractivity contribution in [2.45, 2.75) is 38.1 Å². The summed E-state index contributed by atoms with van der Waals surface area (Å²) >= 11 is 6.04. The van der Waals surface area contributed by atoms with Crippen LogP contribution in [-0.2, 0) is 4.79 Å². The van der Waals surface area contributed by atoms with Gasteiger partial charge in [-0.05, 0) is 50.3 Å². The average molecular weight is 379 g/mol. The Morgan fingerprint density at radius 1 is 1.12 bits per heavy atom. The van der Waals surface area contributed by atoms with E-state index in [4.69, 9.17) is 11.6 Å². The number of likely N-dealkylation sites (tertiary alicyclic amines) is 1. The SMILES string of the molecule is O=C(CNc1cc(Cl)ccc1C(=O)N1CCCCC1)NC(=O)NC1CC1. The van der Waals surface area contributed by atoms with Gasteiger partial charge >= 0.3 is 6.03 Å². The van der Waals surface area contributed by atoms with Gasteiger partial charge in [-0.1, -0.05) is 11.6 Å². The quantitative estimate of drug-likeness (QED) is 0.733. The number of imide groups is 1. The molecule has 3 rings (SSSR count). The van der Waals surface area contributed by atoms with Crippen LogP contribution in [0.25, 0.3) is 0 Å². The Balaban J connectivity index is 1.60. The molecule has 2 fully saturated rings. The predicted molar refractivity (Wildman–Crippen MR) is 99.4 cm³/mol. The van der Waals surface area contributed by atoms with Crippen LogP contribution in [0.3, 0.4) is 0 Å². The topological polar surface area (TPSA) is 90.5 Å². The number of nitrogens with one attached hydrogen (secondary N) is 3. The molecule has 2 aliphatic rings. The zero-order valence-corrected chi connectivity index (χ0v) is 15.3. The summed E-state index contributed by atoms with van der Waals surface area (Å²) in [6, 6.07) is 4.63. The number of nitrogens with zero attached hydrogens (tertiary/aromatic N) is 1. The number of hydrogen-bond donors (Lipinski definition) is 3. The molecule has 1 saturated carbocycles. The van der Waals surface area contributed by atoms with E-state index in [2.05, 4.69) is 16.0 Å². The molecule has 1 aromatic rings. The van der Waals surface area contributed by atoms with Gasteiger partial charge in [-0.2, -0.15) is 0 Å². The number of amides is 4. The van der Waals surface area contributed by atoms with E-state index in [1.54, 1.807) is 18.2 Å². The maximum Gasteiger partial charge on any atom is 0.321 e. The molecule has 1 heterocycles. The van der Waals surface area contributed by atoms with Crippen LogP contribution in [0, 0.1) is 0 Å². The highest BCUT2D eigenvalue weighted by Gasteiger charge is 2.24. The van der Waals surface area contributed by atoms with E-state index in [1.807, 2.05) is 4.90 Å². The van der Waals surface area contributed by atoms with Crippen LogP contribution in [0.1, 0.15) is 42.5 Å². The number of urea groups is 1. The highest BCUT2D eigenvalue weighted by atomic mass is 35.5. The first-order chi connectivity index (χ1) is 12.5. The molecule has 140 valence electrons. The van der Waals surface area contributed by atoms with E-state index in [0.29, 0.717) is 16.3 Å². The van der Waals surface area contributed by atoms with Crippen LogP contribution in [0.5, 0.6) is 0 Å². The highest BCUT2D eigenvalue weighted by Crippen LogP contribution is 2.24. The maximum absolute atomic E-state index is 12.8. The second-order valence-corrected chi connectivity index (χ2v) is 7.13. The zero-order valence-electron chi connectivity index (χ0n) is 14.5. The molecule has 0 unspecified atom stereocenters. The summed E-state index contributed by atoms with van der Waals surface area (Å²) in [7, 11) is 0. The van der Waals surface area contributed by atoms with E-state index in [1.165, 1.54) is 0 Å². The number of piperidine rings is 1. The van der Waals surface area contributed by atoms with Gasteiger partial charge in [-0.15, -0.1) is 0 Å². The van der Waals surface area contributed by atoms with Crippen molar-refractivity contribution >= 4 is 35.1 Å². The lowest BCUT2D eigenvalue weighted by Crippen LogP contribution is -2.43. The Labute approximate surface area is 157 Å². The summed E-state index contributed by atoms with van der Waals surface area (Å²) in [5.74, 6) is -0.546. The van der Waals surface area contributed by atoms with E-state index in [9.17, 15) is 14.4 Å². The molecule has 1 aromatic carbocycles. The molecule has 0 bridgehead atoms. The Morgan fingerprint density at radius 3 is 2.54 bits per heavy atom. The number of rotatable bonds is 5. The largest absolute Gasteiger partial charge is 0.375 e. The molecule has 0 spiro atoms. The lowest BCUT2D eigenvalue weighted by Gasteiger charge is -2.27. The van der Waals surface area contributed by atoms with Gasteiger partial charge in [0.2, 0.25) is 5.91 Å². The molecular formula is C18H23ClN4O3. The van der Waals surface area contributed by atoms with E-state index >= 15 is 0 Å². The predicted octanol–water partition coefficient (Wildman–Crippen LogP) is 2.37.